The van der Waals surface area contributed by atoms with Crippen LogP contribution < -0.4 is 10.6 Å². The maximum Gasteiger partial charge on any atom is 0.257 e. The smallest absolute Gasteiger partial charge is 0.257 e. The van der Waals surface area contributed by atoms with Crippen molar-refractivity contribution >= 4 is 56.0 Å². The normalized spacial score (nSPS) is 10.7. The third-order valence-corrected chi connectivity index (χ3v) is 5.17. The van der Waals surface area contributed by atoms with Crippen LogP contribution in [0.25, 0.3) is 11.1 Å². The number of carbonyl (C=O) groups is 1. The predicted molar refractivity (Wildman–Crippen MR) is 126 cm³/mol. The topological polar surface area (TPSA) is 67.2 Å². The largest absolute Gasteiger partial charge is 0.440 e. The molecular weight excluding hydrogens is 462 g/mol. The molecule has 0 spiro atoms. The Hall–Kier alpha value is -3.03. The minimum atomic E-state index is -0.267. The molecular formula is C23H18BrN3O2S. The molecule has 3 aromatic carbocycles. The zero-order chi connectivity index (χ0) is 21.1. The van der Waals surface area contributed by atoms with E-state index in [2.05, 4.69) is 31.5 Å². The zero-order valence-corrected chi connectivity index (χ0v) is 18.5. The predicted octanol–water partition coefficient (Wildman–Crippen LogP) is 5.62. The van der Waals surface area contributed by atoms with Crippen LogP contribution in [0.15, 0.2) is 75.6 Å². The molecule has 7 heteroatoms. The summed E-state index contributed by atoms with van der Waals surface area (Å²) in [5.74, 6) is 0.407. The van der Waals surface area contributed by atoms with Crippen LogP contribution in [-0.4, -0.2) is 16.0 Å². The first-order valence-corrected chi connectivity index (χ1v) is 10.5. The Balaban J connectivity index is 1.36. The highest BCUT2D eigenvalue weighted by Crippen LogP contribution is 2.20. The molecule has 0 saturated heterocycles. The number of thiocarbonyl (C=S) groups is 1. The molecule has 5 nitrogen and oxygen atoms in total. The van der Waals surface area contributed by atoms with Crippen LogP contribution in [0.1, 0.15) is 27.4 Å². The van der Waals surface area contributed by atoms with Crippen molar-refractivity contribution in [2.45, 2.75) is 13.3 Å². The van der Waals surface area contributed by atoms with Crippen molar-refractivity contribution < 1.29 is 9.21 Å². The number of nitrogens with zero attached hydrogens (tertiary/aromatic N) is 1. The molecule has 150 valence electrons. The van der Waals surface area contributed by atoms with Crippen LogP contribution in [0.4, 0.5) is 5.69 Å². The SMILES string of the molecule is Cc1ccc2oc(Cc3ccc(NC(=S)NC(=O)c4cccc(Br)c4)cc3)nc2c1. The van der Waals surface area contributed by atoms with Gasteiger partial charge in [-0.3, -0.25) is 10.1 Å². The highest BCUT2D eigenvalue weighted by Gasteiger charge is 2.09. The van der Waals surface area contributed by atoms with E-state index in [0.717, 1.165) is 32.4 Å². The lowest BCUT2D eigenvalue weighted by Crippen LogP contribution is -2.34. The van der Waals surface area contributed by atoms with Crippen LogP contribution in [0.2, 0.25) is 0 Å². The van der Waals surface area contributed by atoms with Crippen LogP contribution in [0.5, 0.6) is 0 Å². The molecule has 0 aliphatic heterocycles. The fourth-order valence-electron chi connectivity index (χ4n) is 3.01. The molecule has 0 aliphatic rings. The molecule has 1 heterocycles. The number of anilines is 1. The maximum absolute atomic E-state index is 12.3. The molecule has 0 aliphatic carbocycles. The molecule has 0 unspecified atom stereocenters. The highest BCUT2D eigenvalue weighted by molar-refractivity contribution is 9.10. The van der Waals surface area contributed by atoms with Crippen LogP contribution in [0, 0.1) is 6.92 Å². The summed E-state index contributed by atoms with van der Waals surface area (Å²) in [5.41, 5.74) is 5.19. The Morgan fingerprint density at radius 3 is 2.67 bits per heavy atom. The number of hydrogen-bond donors (Lipinski definition) is 2. The first-order chi connectivity index (χ1) is 14.5. The minimum Gasteiger partial charge on any atom is -0.440 e. The number of fused-ring (bicyclic) bond motifs is 1. The molecule has 4 rings (SSSR count). The van der Waals surface area contributed by atoms with Crippen LogP contribution in [-0.2, 0) is 6.42 Å². The number of aryl methyl sites for hydroxylation is 1. The van der Waals surface area contributed by atoms with Gasteiger partial charge in [0.25, 0.3) is 5.91 Å². The second-order valence-corrected chi connectivity index (χ2v) is 8.20. The Labute approximate surface area is 187 Å². The number of halogens is 1. The molecule has 1 amide bonds. The third kappa shape index (κ3) is 4.93. The summed E-state index contributed by atoms with van der Waals surface area (Å²) in [6.07, 6.45) is 0.595. The van der Waals surface area contributed by atoms with Crippen molar-refractivity contribution in [1.82, 2.24) is 10.3 Å². The number of amides is 1. The first kappa shape index (κ1) is 20.3. The first-order valence-electron chi connectivity index (χ1n) is 9.29. The van der Waals surface area contributed by atoms with Gasteiger partial charge in [-0.15, -0.1) is 0 Å². The highest BCUT2D eigenvalue weighted by atomic mass is 79.9. The van der Waals surface area contributed by atoms with Crippen molar-refractivity contribution in [1.29, 1.82) is 0 Å². The maximum atomic E-state index is 12.3. The number of carbonyl (C=O) groups excluding carboxylic acids is 1. The Bertz CT molecular complexity index is 1230. The summed E-state index contributed by atoms with van der Waals surface area (Å²) in [4.78, 5) is 16.8. The molecule has 4 aromatic rings. The Morgan fingerprint density at radius 1 is 1.10 bits per heavy atom. The minimum absolute atomic E-state index is 0.238. The molecule has 1 aromatic heterocycles. The van der Waals surface area contributed by atoms with E-state index in [1.54, 1.807) is 18.2 Å². The summed E-state index contributed by atoms with van der Waals surface area (Å²) in [6, 6.07) is 20.8. The van der Waals surface area contributed by atoms with Gasteiger partial charge in [-0.05, 0) is 72.7 Å². The lowest BCUT2D eigenvalue weighted by Gasteiger charge is -2.10. The van der Waals surface area contributed by atoms with Gasteiger partial charge < -0.3 is 9.73 Å². The standard InChI is InChI=1S/C23H18BrN3O2S/c1-14-5-10-20-19(11-14)26-21(29-20)12-15-6-8-18(9-7-15)25-23(30)27-22(28)16-3-2-4-17(24)13-16/h2-11,13H,12H2,1H3,(H2,25,27,28,30). The lowest BCUT2D eigenvalue weighted by molar-refractivity contribution is 0.0977. The molecule has 30 heavy (non-hydrogen) atoms. The van der Waals surface area contributed by atoms with E-state index in [1.165, 1.54) is 0 Å². The van der Waals surface area contributed by atoms with E-state index in [1.807, 2.05) is 55.5 Å². The zero-order valence-electron chi connectivity index (χ0n) is 16.1. The second-order valence-electron chi connectivity index (χ2n) is 6.87. The molecule has 0 bridgehead atoms. The Kier molecular flexibility index (Phi) is 5.92. The molecule has 0 radical (unpaired) electrons. The van der Waals surface area contributed by atoms with Crippen molar-refractivity contribution in [3.05, 3.63) is 93.8 Å². The van der Waals surface area contributed by atoms with Crippen molar-refractivity contribution in [2.75, 3.05) is 5.32 Å². The van der Waals surface area contributed by atoms with Crippen molar-refractivity contribution in [3.63, 3.8) is 0 Å². The molecule has 2 N–H and O–H groups in total. The van der Waals surface area contributed by atoms with E-state index >= 15 is 0 Å². The van der Waals surface area contributed by atoms with Gasteiger partial charge in [-0.25, -0.2) is 4.98 Å². The van der Waals surface area contributed by atoms with Crippen LogP contribution in [0.3, 0.4) is 0 Å². The van der Waals surface area contributed by atoms with Crippen molar-refractivity contribution in [3.8, 4) is 0 Å². The molecule has 0 atom stereocenters. The van der Waals surface area contributed by atoms with E-state index in [9.17, 15) is 4.79 Å². The van der Waals surface area contributed by atoms with Crippen molar-refractivity contribution in [2.24, 2.45) is 0 Å². The van der Waals surface area contributed by atoms with Gasteiger partial charge in [0.15, 0.2) is 16.6 Å². The van der Waals surface area contributed by atoms with Gasteiger partial charge in [0.2, 0.25) is 0 Å². The van der Waals surface area contributed by atoms with E-state index < -0.39 is 0 Å². The number of nitrogens with one attached hydrogen (secondary N) is 2. The van der Waals surface area contributed by atoms with E-state index in [0.29, 0.717) is 17.9 Å². The number of oxazole rings is 1. The lowest BCUT2D eigenvalue weighted by atomic mass is 10.1. The summed E-state index contributed by atoms with van der Waals surface area (Å²) in [5, 5.41) is 5.94. The molecule has 0 saturated carbocycles. The summed E-state index contributed by atoms with van der Waals surface area (Å²) in [7, 11) is 0. The van der Waals surface area contributed by atoms with Gasteiger partial charge in [0.1, 0.15) is 5.52 Å². The summed E-state index contributed by atoms with van der Waals surface area (Å²) >= 11 is 8.60. The Morgan fingerprint density at radius 2 is 1.90 bits per heavy atom. The van der Waals surface area contributed by atoms with Gasteiger partial charge in [0.05, 0.1) is 0 Å². The molecule has 0 fully saturated rings. The fourth-order valence-corrected chi connectivity index (χ4v) is 3.62. The summed E-state index contributed by atoms with van der Waals surface area (Å²) in [6.45, 7) is 2.03. The number of rotatable bonds is 4. The van der Waals surface area contributed by atoms with E-state index in [4.69, 9.17) is 16.6 Å². The monoisotopic (exact) mass is 479 g/mol. The second kappa shape index (κ2) is 8.77. The number of hydrogen-bond acceptors (Lipinski definition) is 4. The quantitative estimate of drug-likeness (QED) is 0.372. The van der Waals surface area contributed by atoms with Gasteiger partial charge in [-0.2, -0.15) is 0 Å². The van der Waals surface area contributed by atoms with Crippen LogP contribution >= 0.6 is 28.1 Å². The average molecular weight is 480 g/mol. The third-order valence-electron chi connectivity index (χ3n) is 4.47. The van der Waals surface area contributed by atoms with Gasteiger partial charge in [0, 0.05) is 22.1 Å². The van der Waals surface area contributed by atoms with Gasteiger partial charge in [-0.1, -0.05) is 40.2 Å². The van der Waals surface area contributed by atoms with E-state index in [-0.39, 0.29) is 11.0 Å². The summed E-state index contributed by atoms with van der Waals surface area (Å²) < 4.78 is 6.65. The number of aromatic nitrogens is 1. The van der Waals surface area contributed by atoms with Gasteiger partial charge >= 0.3 is 0 Å². The number of benzene rings is 3. The average Bonchev–Trinajstić information content (AvgIpc) is 3.10. The fraction of sp³-hybridized carbons (Fsp3) is 0.0870.